The molecule has 0 aromatic rings. The lowest BCUT2D eigenvalue weighted by Gasteiger charge is -2.37. The number of hydrogen-bond donors (Lipinski definition) is 3. The average molecular weight is 384 g/mol. The number of amides is 3. The van der Waals surface area contributed by atoms with Gasteiger partial charge in [-0.05, 0) is 40.5 Å². The Hall–Kier alpha value is -1.28. The van der Waals surface area contributed by atoms with Crippen LogP contribution < -0.4 is 10.6 Å². The topological polar surface area (TPSA) is 98.7 Å². The highest BCUT2D eigenvalue weighted by molar-refractivity contribution is 8.02. The number of hydrogen-bond acceptors (Lipinski definition) is 5. The Morgan fingerprint density at radius 1 is 1.38 bits per heavy atom. The lowest BCUT2D eigenvalue weighted by molar-refractivity contribution is -0.142. The molecule has 3 rings (SSSR count). The van der Waals surface area contributed by atoms with Crippen LogP contribution in [0.25, 0.3) is 0 Å². The third-order valence-electron chi connectivity index (χ3n) is 5.77. The van der Waals surface area contributed by atoms with E-state index in [4.69, 9.17) is 0 Å². The molecule has 0 aromatic heterocycles. The molecular formula is C18H29N3O4S. The molecule has 0 aliphatic carbocycles. The minimum Gasteiger partial charge on any atom is -0.394 e. The Balaban J connectivity index is 2.05. The van der Waals surface area contributed by atoms with Gasteiger partial charge in [0.15, 0.2) is 0 Å². The van der Waals surface area contributed by atoms with E-state index in [-0.39, 0.29) is 29.6 Å². The van der Waals surface area contributed by atoms with Crippen LogP contribution >= 0.6 is 11.8 Å². The molecular weight excluding hydrogens is 354 g/mol. The highest BCUT2D eigenvalue weighted by atomic mass is 32.2. The zero-order chi connectivity index (χ0) is 19.4. The molecule has 3 fully saturated rings. The van der Waals surface area contributed by atoms with Crippen LogP contribution in [0.15, 0.2) is 0 Å². The van der Waals surface area contributed by atoms with Crippen LogP contribution in [0.1, 0.15) is 40.5 Å². The minimum atomic E-state index is -0.661. The number of fused-ring (bicyclic) bond motifs is 1. The van der Waals surface area contributed by atoms with Gasteiger partial charge in [0.2, 0.25) is 17.7 Å². The maximum atomic E-state index is 13.3. The fourth-order valence-corrected chi connectivity index (χ4v) is 7.06. The normalized spacial score (nSPS) is 36.8. The molecule has 0 saturated carbocycles. The summed E-state index contributed by atoms with van der Waals surface area (Å²) in [5.41, 5.74) is -0.426. The van der Waals surface area contributed by atoms with Crippen molar-refractivity contribution in [1.29, 1.82) is 0 Å². The van der Waals surface area contributed by atoms with Gasteiger partial charge in [0.1, 0.15) is 6.04 Å². The van der Waals surface area contributed by atoms with E-state index >= 15 is 0 Å². The summed E-state index contributed by atoms with van der Waals surface area (Å²) in [6, 6.07) is -1.13. The second-order valence-electron chi connectivity index (χ2n) is 8.69. The summed E-state index contributed by atoms with van der Waals surface area (Å²) in [5, 5.41) is 15.5. The van der Waals surface area contributed by atoms with Crippen molar-refractivity contribution >= 4 is 29.5 Å². The molecule has 146 valence electrons. The molecule has 7 nitrogen and oxygen atoms in total. The van der Waals surface area contributed by atoms with Gasteiger partial charge in [0.25, 0.3) is 0 Å². The number of aliphatic hydroxyl groups is 1. The van der Waals surface area contributed by atoms with Crippen molar-refractivity contribution in [3.05, 3.63) is 0 Å². The third-order valence-corrected chi connectivity index (χ3v) is 7.72. The predicted molar refractivity (Wildman–Crippen MR) is 99.5 cm³/mol. The number of rotatable bonds is 4. The fraction of sp³-hybridized carbons (Fsp3) is 0.833. The van der Waals surface area contributed by atoms with Crippen molar-refractivity contribution in [3.63, 3.8) is 0 Å². The molecule has 0 aromatic carbocycles. The van der Waals surface area contributed by atoms with Crippen molar-refractivity contribution in [3.8, 4) is 0 Å². The van der Waals surface area contributed by atoms with Crippen molar-refractivity contribution in [2.24, 2.45) is 11.8 Å². The Morgan fingerprint density at radius 3 is 2.58 bits per heavy atom. The third kappa shape index (κ3) is 2.72. The first kappa shape index (κ1) is 19.5. The molecule has 3 aliphatic heterocycles. The number of nitrogens with one attached hydrogen (secondary N) is 2. The molecule has 6 atom stereocenters. The van der Waals surface area contributed by atoms with Gasteiger partial charge >= 0.3 is 0 Å². The second kappa shape index (κ2) is 6.41. The Labute approximate surface area is 158 Å². The summed E-state index contributed by atoms with van der Waals surface area (Å²) in [6.45, 7) is 7.25. The SMILES string of the molecule is CNC(=O)[C@@H]1[C@H]2C(=O)N([C@H](C)CO)C(C(=O)NC(C)(C)C)C23CC[C@H]1S3. The maximum absolute atomic E-state index is 13.3. The Morgan fingerprint density at radius 2 is 2.04 bits per heavy atom. The number of likely N-dealkylation sites (tertiary alicyclic amines) is 1. The summed E-state index contributed by atoms with van der Waals surface area (Å²) < 4.78 is -0.586. The van der Waals surface area contributed by atoms with Crippen molar-refractivity contribution in [2.45, 2.75) is 68.2 Å². The molecule has 3 amide bonds. The Kier molecular flexibility index (Phi) is 4.80. The summed E-state index contributed by atoms with van der Waals surface area (Å²) in [6.07, 6.45) is 1.57. The zero-order valence-corrected chi connectivity index (χ0v) is 16.9. The van der Waals surface area contributed by atoms with Crippen molar-refractivity contribution in [1.82, 2.24) is 15.5 Å². The van der Waals surface area contributed by atoms with Gasteiger partial charge in [-0.2, -0.15) is 0 Å². The standard InChI is InChI=1S/C18H29N3O4S/c1-9(8-22)21-13(15(24)20-17(2,3)4)18-7-6-10(26-18)11(14(23)19-5)12(18)16(21)25/h9-13,22H,6-8H2,1-5H3,(H,19,23)(H,20,24)/t9-,10-,11+,12+,13?,18?/m1/s1. The first-order valence-corrected chi connectivity index (χ1v) is 10.1. The molecule has 1 spiro atoms. The number of aliphatic hydroxyl groups excluding tert-OH is 1. The quantitative estimate of drug-likeness (QED) is 0.640. The van der Waals surface area contributed by atoms with Gasteiger partial charge in [-0.15, -0.1) is 11.8 Å². The van der Waals surface area contributed by atoms with E-state index in [0.29, 0.717) is 0 Å². The molecule has 3 aliphatic rings. The molecule has 3 saturated heterocycles. The zero-order valence-electron chi connectivity index (χ0n) is 16.0. The van der Waals surface area contributed by atoms with E-state index in [1.165, 1.54) is 4.90 Å². The number of carbonyl (C=O) groups excluding carboxylic acids is 3. The van der Waals surface area contributed by atoms with Crippen LogP contribution in [-0.4, -0.2) is 69.0 Å². The molecule has 0 radical (unpaired) electrons. The van der Waals surface area contributed by atoms with Crippen LogP contribution in [0.2, 0.25) is 0 Å². The number of thioether (sulfide) groups is 1. The first-order valence-electron chi connectivity index (χ1n) is 9.22. The number of carbonyl (C=O) groups is 3. The van der Waals surface area contributed by atoms with E-state index in [1.54, 1.807) is 25.7 Å². The lowest BCUT2D eigenvalue weighted by atomic mass is 9.70. The highest BCUT2D eigenvalue weighted by Crippen LogP contribution is 2.66. The molecule has 3 heterocycles. The smallest absolute Gasteiger partial charge is 0.244 e. The lowest BCUT2D eigenvalue weighted by Crippen LogP contribution is -2.58. The Bertz CT molecular complexity index is 634. The highest BCUT2D eigenvalue weighted by Gasteiger charge is 2.74. The summed E-state index contributed by atoms with van der Waals surface area (Å²) in [5.74, 6) is -1.41. The van der Waals surface area contributed by atoms with Gasteiger partial charge in [-0.1, -0.05) is 0 Å². The largest absolute Gasteiger partial charge is 0.394 e. The van der Waals surface area contributed by atoms with E-state index in [2.05, 4.69) is 10.6 Å². The van der Waals surface area contributed by atoms with E-state index in [9.17, 15) is 19.5 Å². The van der Waals surface area contributed by atoms with Crippen LogP contribution in [-0.2, 0) is 14.4 Å². The van der Waals surface area contributed by atoms with Crippen molar-refractivity contribution < 1.29 is 19.5 Å². The second-order valence-corrected chi connectivity index (χ2v) is 10.3. The fourth-order valence-electron chi connectivity index (χ4n) is 4.86. The molecule has 3 N–H and O–H groups in total. The van der Waals surface area contributed by atoms with Gasteiger partial charge in [0, 0.05) is 17.8 Å². The van der Waals surface area contributed by atoms with Gasteiger partial charge in [-0.3, -0.25) is 14.4 Å². The predicted octanol–water partition coefficient (Wildman–Crippen LogP) is 0.119. The van der Waals surface area contributed by atoms with Crippen molar-refractivity contribution in [2.75, 3.05) is 13.7 Å². The van der Waals surface area contributed by atoms with Crippen LogP contribution in [0, 0.1) is 11.8 Å². The summed E-state index contributed by atoms with van der Waals surface area (Å²) in [4.78, 5) is 40.6. The molecule has 2 unspecified atom stereocenters. The van der Waals surface area contributed by atoms with Gasteiger partial charge in [0.05, 0.1) is 29.2 Å². The average Bonchev–Trinajstić information content (AvgIpc) is 3.19. The van der Waals surface area contributed by atoms with Gasteiger partial charge < -0.3 is 20.6 Å². The molecule has 26 heavy (non-hydrogen) atoms. The summed E-state index contributed by atoms with van der Waals surface area (Å²) >= 11 is 1.63. The van der Waals surface area contributed by atoms with E-state index in [0.717, 1.165) is 12.8 Å². The van der Waals surface area contributed by atoms with Crippen LogP contribution in [0.4, 0.5) is 0 Å². The molecule has 8 heteroatoms. The maximum Gasteiger partial charge on any atom is 0.244 e. The van der Waals surface area contributed by atoms with Crippen LogP contribution in [0.5, 0.6) is 0 Å². The number of nitrogens with zero attached hydrogens (tertiary/aromatic N) is 1. The summed E-state index contributed by atoms with van der Waals surface area (Å²) in [7, 11) is 1.59. The minimum absolute atomic E-state index is 0.0698. The van der Waals surface area contributed by atoms with E-state index < -0.39 is 34.2 Å². The monoisotopic (exact) mass is 383 g/mol. The molecule has 2 bridgehead atoms. The van der Waals surface area contributed by atoms with E-state index in [1.807, 2.05) is 20.8 Å². The van der Waals surface area contributed by atoms with Gasteiger partial charge in [-0.25, -0.2) is 0 Å². The first-order chi connectivity index (χ1) is 12.1. The van der Waals surface area contributed by atoms with Crippen LogP contribution in [0.3, 0.4) is 0 Å².